The van der Waals surface area contributed by atoms with Crippen molar-refractivity contribution in [3.8, 4) is 0 Å². The van der Waals surface area contributed by atoms with Crippen LogP contribution in [0.3, 0.4) is 0 Å². The van der Waals surface area contributed by atoms with Crippen LogP contribution in [0.4, 0.5) is 0 Å². The maximum absolute atomic E-state index is 12.6. The third kappa shape index (κ3) is 2.71. The summed E-state index contributed by atoms with van der Waals surface area (Å²) in [7, 11) is 0. The Labute approximate surface area is 134 Å². The zero-order valence-corrected chi connectivity index (χ0v) is 14.2. The molecular formula is C16H21BrN2O2. The quantitative estimate of drug-likeness (QED) is 0.905. The van der Waals surface area contributed by atoms with Crippen LogP contribution in [-0.2, 0) is 16.1 Å². The van der Waals surface area contributed by atoms with Crippen LogP contribution >= 0.6 is 15.9 Å². The molecule has 5 heteroatoms. The molecule has 2 amide bonds. The van der Waals surface area contributed by atoms with Crippen LogP contribution in [0, 0.1) is 0 Å². The summed E-state index contributed by atoms with van der Waals surface area (Å²) in [6.07, 6.45) is 1.22. The molecule has 1 atom stereocenters. The highest BCUT2D eigenvalue weighted by Gasteiger charge is 2.49. The first-order chi connectivity index (χ1) is 9.96. The molecule has 114 valence electrons. The number of piperazine rings is 1. The summed E-state index contributed by atoms with van der Waals surface area (Å²) in [5.74, 6) is -0.0688. The minimum absolute atomic E-state index is 0.0194. The van der Waals surface area contributed by atoms with Gasteiger partial charge in [0.2, 0.25) is 11.8 Å². The largest absolute Gasteiger partial charge is 0.343 e. The van der Waals surface area contributed by atoms with Crippen LogP contribution in [0.5, 0.6) is 0 Å². The summed E-state index contributed by atoms with van der Waals surface area (Å²) in [5, 5.41) is 2.81. The third-order valence-electron chi connectivity index (χ3n) is 4.38. The number of hydrogen-bond donors (Lipinski definition) is 1. The predicted molar refractivity (Wildman–Crippen MR) is 85.6 cm³/mol. The van der Waals surface area contributed by atoms with Gasteiger partial charge in [-0.2, -0.15) is 0 Å². The molecule has 2 rings (SSSR count). The molecule has 1 aromatic rings. The Morgan fingerprint density at radius 3 is 2.43 bits per heavy atom. The Morgan fingerprint density at radius 2 is 1.86 bits per heavy atom. The van der Waals surface area contributed by atoms with Crippen molar-refractivity contribution in [2.24, 2.45) is 0 Å². The Kier molecular flexibility index (Phi) is 4.71. The van der Waals surface area contributed by atoms with Crippen LogP contribution in [0.2, 0.25) is 0 Å². The lowest BCUT2D eigenvalue weighted by atomic mass is 9.85. The maximum Gasteiger partial charge on any atom is 0.246 e. The normalized spacial score (nSPS) is 21.3. The average Bonchev–Trinajstić information content (AvgIpc) is 2.47. The second-order valence-corrected chi connectivity index (χ2v) is 6.30. The number of rotatable bonds is 4. The Hall–Kier alpha value is -1.36. The van der Waals surface area contributed by atoms with Crippen molar-refractivity contribution in [3.63, 3.8) is 0 Å². The number of carbonyl (C=O) groups is 2. The zero-order valence-electron chi connectivity index (χ0n) is 12.6. The number of hydrogen-bond acceptors (Lipinski definition) is 2. The number of amides is 2. The smallest absolute Gasteiger partial charge is 0.246 e. The van der Waals surface area contributed by atoms with Gasteiger partial charge in [-0.3, -0.25) is 9.59 Å². The van der Waals surface area contributed by atoms with Crippen LogP contribution in [0.25, 0.3) is 0 Å². The summed E-state index contributed by atoms with van der Waals surface area (Å²) < 4.78 is 0.956. The van der Waals surface area contributed by atoms with Gasteiger partial charge in [0, 0.05) is 11.0 Å². The van der Waals surface area contributed by atoms with E-state index >= 15 is 0 Å². The van der Waals surface area contributed by atoms with E-state index in [0.29, 0.717) is 19.4 Å². The number of nitrogens with one attached hydrogen (secondary N) is 1. The van der Waals surface area contributed by atoms with Gasteiger partial charge in [0.1, 0.15) is 11.6 Å². The lowest BCUT2D eigenvalue weighted by Gasteiger charge is -2.47. The molecule has 0 saturated carbocycles. The predicted octanol–water partition coefficient (Wildman–Crippen LogP) is 2.85. The van der Waals surface area contributed by atoms with Gasteiger partial charge in [0.15, 0.2) is 0 Å². The Bertz CT molecular complexity index is 555. The van der Waals surface area contributed by atoms with E-state index in [1.807, 2.05) is 38.1 Å². The fourth-order valence-corrected chi connectivity index (χ4v) is 3.35. The molecule has 1 saturated heterocycles. The number of nitrogens with zero attached hydrogens (tertiary/aromatic N) is 1. The van der Waals surface area contributed by atoms with Crippen molar-refractivity contribution in [3.05, 3.63) is 34.3 Å². The Balaban J connectivity index is 2.42. The second-order valence-electron chi connectivity index (χ2n) is 5.45. The summed E-state index contributed by atoms with van der Waals surface area (Å²) in [6.45, 7) is 6.10. The number of carbonyl (C=O) groups excluding carboxylic acids is 2. The summed E-state index contributed by atoms with van der Waals surface area (Å²) in [6, 6.07) is 7.34. The summed E-state index contributed by atoms with van der Waals surface area (Å²) in [4.78, 5) is 26.9. The first kappa shape index (κ1) is 16.0. The molecule has 1 N–H and O–H groups in total. The van der Waals surface area contributed by atoms with Crippen molar-refractivity contribution in [1.82, 2.24) is 10.2 Å². The van der Waals surface area contributed by atoms with Gasteiger partial charge in [-0.25, -0.2) is 0 Å². The van der Waals surface area contributed by atoms with Crippen molar-refractivity contribution in [1.29, 1.82) is 0 Å². The lowest BCUT2D eigenvalue weighted by Crippen LogP contribution is -2.69. The number of benzene rings is 1. The SMILES string of the molecule is CCC1(CC)C(=O)NC(C)C(=O)N1Cc1ccccc1Br. The van der Waals surface area contributed by atoms with Crippen molar-refractivity contribution >= 4 is 27.7 Å². The first-order valence-electron chi connectivity index (χ1n) is 7.32. The van der Waals surface area contributed by atoms with Crippen LogP contribution in [-0.4, -0.2) is 28.3 Å². The third-order valence-corrected chi connectivity index (χ3v) is 5.15. The fourth-order valence-electron chi connectivity index (χ4n) is 2.94. The molecule has 0 radical (unpaired) electrons. The van der Waals surface area contributed by atoms with E-state index < -0.39 is 11.6 Å². The van der Waals surface area contributed by atoms with Crippen LogP contribution < -0.4 is 5.32 Å². The zero-order chi connectivity index (χ0) is 15.6. The minimum atomic E-state index is -0.751. The van der Waals surface area contributed by atoms with Gasteiger partial charge >= 0.3 is 0 Å². The van der Waals surface area contributed by atoms with Crippen molar-refractivity contribution in [2.75, 3.05) is 0 Å². The molecule has 21 heavy (non-hydrogen) atoms. The van der Waals surface area contributed by atoms with Gasteiger partial charge < -0.3 is 10.2 Å². The van der Waals surface area contributed by atoms with Crippen molar-refractivity contribution < 1.29 is 9.59 Å². The summed E-state index contributed by atoms with van der Waals surface area (Å²) in [5.41, 5.74) is 0.262. The van der Waals surface area contributed by atoms with Crippen LogP contribution in [0.15, 0.2) is 28.7 Å². The highest BCUT2D eigenvalue weighted by atomic mass is 79.9. The van der Waals surface area contributed by atoms with E-state index in [9.17, 15) is 9.59 Å². The minimum Gasteiger partial charge on any atom is -0.343 e. The molecule has 0 spiro atoms. The van der Waals surface area contributed by atoms with E-state index in [4.69, 9.17) is 0 Å². The average molecular weight is 353 g/mol. The molecular weight excluding hydrogens is 332 g/mol. The molecule has 1 unspecified atom stereocenters. The topological polar surface area (TPSA) is 49.4 Å². The standard InChI is InChI=1S/C16H21BrN2O2/c1-4-16(5-2)15(21)18-11(3)14(20)19(16)10-12-8-6-7-9-13(12)17/h6-9,11H,4-5,10H2,1-3H3,(H,18,21). The number of halogens is 1. The first-order valence-corrected chi connectivity index (χ1v) is 8.11. The molecule has 1 fully saturated rings. The van der Waals surface area contributed by atoms with Gasteiger partial charge in [-0.05, 0) is 31.4 Å². The highest BCUT2D eigenvalue weighted by Crippen LogP contribution is 2.31. The molecule has 0 bridgehead atoms. The van der Waals surface area contributed by atoms with Gasteiger partial charge in [-0.15, -0.1) is 0 Å². The van der Waals surface area contributed by atoms with Gasteiger partial charge in [0.05, 0.1) is 0 Å². The maximum atomic E-state index is 12.6. The monoisotopic (exact) mass is 352 g/mol. The van der Waals surface area contributed by atoms with Gasteiger partial charge in [-0.1, -0.05) is 48.0 Å². The van der Waals surface area contributed by atoms with E-state index in [1.54, 1.807) is 11.8 Å². The fraction of sp³-hybridized carbons (Fsp3) is 0.500. The lowest BCUT2D eigenvalue weighted by molar-refractivity contribution is -0.158. The Morgan fingerprint density at radius 1 is 1.24 bits per heavy atom. The molecule has 4 nitrogen and oxygen atoms in total. The van der Waals surface area contributed by atoms with E-state index in [2.05, 4.69) is 21.2 Å². The van der Waals surface area contributed by atoms with Crippen LogP contribution in [0.1, 0.15) is 39.2 Å². The molecule has 1 heterocycles. The molecule has 0 aliphatic carbocycles. The second kappa shape index (κ2) is 6.18. The van der Waals surface area contributed by atoms with Gasteiger partial charge in [0.25, 0.3) is 0 Å². The van der Waals surface area contributed by atoms with E-state index in [0.717, 1.165) is 10.0 Å². The summed E-state index contributed by atoms with van der Waals surface area (Å²) >= 11 is 3.52. The molecule has 1 aliphatic rings. The molecule has 1 aliphatic heterocycles. The molecule has 1 aromatic carbocycles. The van der Waals surface area contributed by atoms with E-state index in [1.165, 1.54) is 0 Å². The molecule has 0 aromatic heterocycles. The highest BCUT2D eigenvalue weighted by molar-refractivity contribution is 9.10. The van der Waals surface area contributed by atoms with E-state index in [-0.39, 0.29) is 11.8 Å². The van der Waals surface area contributed by atoms with Crippen molar-refractivity contribution in [2.45, 2.75) is 51.7 Å².